The molecule has 2 N–H and O–H groups in total. The normalized spacial score (nSPS) is 12.2. The van der Waals surface area contributed by atoms with Gasteiger partial charge in [0.2, 0.25) is 0 Å². The van der Waals surface area contributed by atoms with Gasteiger partial charge in [0.1, 0.15) is 5.75 Å². The highest BCUT2D eigenvalue weighted by Gasteiger charge is 2.16. The highest BCUT2D eigenvalue weighted by atomic mass is 35.5. The van der Waals surface area contributed by atoms with Gasteiger partial charge in [-0.05, 0) is 56.4 Å². The first-order valence-electron chi connectivity index (χ1n) is 7.65. The van der Waals surface area contributed by atoms with Crippen LogP contribution in [0, 0.1) is 0 Å². The number of carbonyl (C=O) groups excluding carboxylic acids is 1. The van der Waals surface area contributed by atoms with Crippen molar-refractivity contribution in [2.45, 2.75) is 12.5 Å². The van der Waals surface area contributed by atoms with E-state index in [9.17, 15) is 9.90 Å². The zero-order chi connectivity index (χ0) is 18.6. The lowest BCUT2D eigenvalue weighted by Gasteiger charge is -2.25. The van der Waals surface area contributed by atoms with Gasteiger partial charge in [0.15, 0.2) is 0 Å². The summed E-state index contributed by atoms with van der Waals surface area (Å²) in [6, 6.07) is 9.70. The van der Waals surface area contributed by atoms with E-state index in [2.05, 4.69) is 5.32 Å². The Bertz CT molecular complexity index is 766. The molecule has 0 aromatic heterocycles. The van der Waals surface area contributed by atoms with Gasteiger partial charge in [-0.3, -0.25) is 4.79 Å². The summed E-state index contributed by atoms with van der Waals surface area (Å²) in [6.45, 7) is 0.434. The number of phenols is 1. The number of aromatic hydroxyl groups is 1. The lowest BCUT2D eigenvalue weighted by atomic mass is 10.0. The van der Waals surface area contributed by atoms with Crippen LogP contribution in [0.2, 0.25) is 15.1 Å². The van der Waals surface area contributed by atoms with Crippen LogP contribution >= 0.6 is 34.8 Å². The zero-order valence-corrected chi connectivity index (χ0v) is 16.2. The molecular weight excluding hydrogens is 383 g/mol. The predicted molar refractivity (Wildman–Crippen MR) is 103 cm³/mol. The molecule has 0 fully saturated rings. The number of benzene rings is 2. The Morgan fingerprint density at radius 3 is 2.40 bits per heavy atom. The van der Waals surface area contributed by atoms with E-state index in [1.807, 2.05) is 19.0 Å². The molecule has 2 rings (SSSR count). The van der Waals surface area contributed by atoms with Crippen LogP contribution in [0.3, 0.4) is 0 Å². The molecule has 0 aliphatic carbocycles. The number of likely N-dealkylation sites (N-methyl/N-ethyl adjacent to an activating group) is 1. The van der Waals surface area contributed by atoms with E-state index in [1.54, 1.807) is 30.3 Å². The van der Waals surface area contributed by atoms with Gasteiger partial charge in [-0.1, -0.05) is 40.9 Å². The van der Waals surface area contributed by atoms with Gasteiger partial charge in [0.25, 0.3) is 5.91 Å². The first-order chi connectivity index (χ1) is 11.8. The summed E-state index contributed by atoms with van der Waals surface area (Å²) in [7, 11) is 3.87. The van der Waals surface area contributed by atoms with E-state index in [0.717, 1.165) is 5.56 Å². The van der Waals surface area contributed by atoms with Crippen LogP contribution in [0.25, 0.3) is 0 Å². The second-order valence-corrected chi connectivity index (χ2v) is 7.16. The molecule has 4 nitrogen and oxygen atoms in total. The third kappa shape index (κ3) is 5.51. The topological polar surface area (TPSA) is 52.6 Å². The summed E-state index contributed by atoms with van der Waals surface area (Å²) >= 11 is 18.0. The van der Waals surface area contributed by atoms with Gasteiger partial charge in [0, 0.05) is 23.2 Å². The van der Waals surface area contributed by atoms with Gasteiger partial charge in [-0.15, -0.1) is 0 Å². The van der Waals surface area contributed by atoms with Gasteiger partial charge >= 0.3 is 0 Å². The maximum Gasteiger partial charge on any atom is 0.251 e. The molecule has 0 radical (unpaired) electrons. The summed E-state index contributed by atoms with van der Waals surface area (Å²) in [5.41, 5.74) is 1.36. The Morgan fingerprint density at radius 2 is 1.80 bits per heavy atom. The molecule has 2 aromatic carbocycles. The van der Waals surface area contributed by atoms with Crippen molar-refractivity contribution in [2.24, 2.45) is 0 Å². The third-order valence-corrected chi connectivity index (χ3v) is 4.99. The summed E-state index contributed by atoms with van der Waals surface area (Å²) in [6.07, 6.45) is 0.633. The van der Waals surface area contributed by atoms with Gasteiger partial charge in [0.05, 0.1) is 10.0 Å². The fourth-order valence-corrected chi connectivity index (χ4v) is 2.89. The molecule has 134 valence electrons. The number of halogens is 3. The van der Waals surface area contributed by atoms with E-state index >= 15 is 0 Å². The fourth-order valence-electron chi connectivity index (χ4n) is 2.34. The van der Waals surface area contributed by atoms with Crippen molar-refractivity contribution in [3.63, 3.8) is 0 Å². The monoisotopic (exact) mass is 400 g/mol. The molecule has 0 bridgehead atoms. The van der Waals surface area contributed by atoms with Crippen LogP contribution in [0.4, 0.5) is 0 Å². The molecule has 0 saturated carbocycles. The van der Waals surface area contributed by atoms with Crippen molar-refractivity contribution >= 4 is 40.7 Å². The number of amides is 1. The smallest absolute Gasteiger partial charge is 0.251 e. The quantitative estimate of drug-likeness (QED) is 0.760. The molecule has 0 saturated heterocycles. The summed E-state index contributed by atoms with van der Waals surface area (Å²) in [4.78, 5) is 14.3. The maximum atomic E-state index is 12.3. The number of phenolic OH excluding ortho intramolecular Hbond substituents is 1. The zero-order valence-electron chi connectivity index (χ0n) is 13.9. The summed E-state index contributed by atoms with van der Waals surface area (Å²) < 4.78 is 0. The minimum Gasteiger partial charge on any atom is -0.508 e. The van der Waals surface area contributed by atoms with E-state index in [-0.39, 0.29) is 17.7 Å². The number of rotatable bonds is 6. The molecule has 1 amide bonds. The number of hydrogen-bond donors (Lipinski definition) is 2. The lowest BCUT2D eigenvalue weighted by molar-refractivity contribution is 0.0941. The van der Waals surface area contributed by atoms with Crippen molar-refractivity contribution in [1.29, 1.82) is 0 Å². The van der Waals surface area contributed by atoms with Crippen molar-refractivity contribution in [3.05, 3.63) is 62.6 Å². The SMILES string of the molecule is CN(C)[C@H](CNC(=O)c1ccc(Cl)c(Cl)c1)Cc1ccc(O)cc1Cl. The summed E-state index contributed by atoms with van der Waals surface area (Å²) in [5.74, 6) is -0.0923. The standard InChI is InChI=1S/C18H19Cl3N2O2/c1-23(2)13(7-11-3-5-14(24)9-16(11)20)10-22-18(25)12-4-6-15(19)17(21)8-12/h3-6,8-9,13,24H,7,10H2,1-2H3,(H,22,25)/t13-/m0/s1. The highest BCUT2D eigenvalue weighted by Crippen LogP contribution is 2.24. The second-order valence-electron chi connectivity index (χ2n) is 5.94. The van der Waals surface area contributed by atoms with Crippen molar-refractivity contribution < 1.29 is 9.90 Å². The fraction of sp³-hybridized carbons (Fsp3) is 0.278. The van der Waals surface area contributed by atoms with E-state index in [4.69, 9.17) is 34.8 Å². The van der Waals surface area contributed by atoms with E-state index in [0.29, 0.717) is 33.6 Å². The average molecular weight is 402 g/mol. The van der Waals surface area contributed by atoms with Crippen molar-refractivity contribution in [3.8, 4) is 5.75 Å². The van der Waals surface area contributed by atoms with E-state index in [1.165, 1.54) is 6.07 Å². The Morgan fingerprint density at radius 1 is 1.08 bits per heavy atom. The number of nitrogens with one attached hydrogen (secondary N) is 1. The van der Waals surface area contributed by atoms with Crippen LogP contribution in [0.5, 0.6) is 5.75 Å². The van der Waals surface area contributed by atoms with Gasteiger partial charge in [-0.25, -0.2) is 0 Å². The van der Waals surface area contributed by atoms with Gasteiger partial charge in [-0.2, -0.15) is 0 Å². The lowest BCUT2D eigenvalue weighted by Crippen LogP contribution is -2.41. The second kappa shape index (κ2) is 8.77. The number of carbonyl (C=O) groups is 1. The minimum atomic E-state index is -0.220. The van der Waals surface area contributed by atoms with Gasteiger partial charge < -0.3 is 15.3 Å². The van der Waals surface area contributed by atoms with Crippen LogP contribution < -0.4 is 5.32 Å². The van der Waals surface area contributed by atoms with Crippen molar-refractivity contribution in [2.75, 3.05) is 20.6 Å². The Labute approximate surface area is 162 Å². The number of nitrogens with zero attached hydrogens (tertiary/aromatic N) is 1. The molecule has 0 unspecified atom stereocenters. The van der Waals surface area contributed by atoms with Crippen LogP contribution in [0.15, 0.2) is 36.4 Å². The molecule has 0 aliphatic rings. The molecule has 7 heteroatoms. The molecule has 0 spiro atoms. The molecule has 1 atom stereocenters. The van der Waals surface area contributed by atoms with E-state index < -0.39 is 0 Å². The first kappa shape index (κ1) is 19.9. The van der Waals surface area contributed by atoms with Crippen LogP contribution in [-0.2, 0) is 6.42 Å². The average Bonchev–Trinajstić information content (AvgIpc) is 2.55. The van der Waals surface area contributed by atoms with Crippen LogP contribution in [0.1, 0.15) is 15.9 Å². The number of hydrogen-bond acceptors (Lipinski definition) is 3. The Kier molecular flexibility index (Phi) is 6.96. The molecule has 0 aliphatic heterocycles. The highest BCUT2D eigenvalue weighted by molar-refractivity contribution is 6.42. The summed E-state index contributed by atoms with van der Waals surface area (Å²) in [5, 5.41) is 13.6. The van der Waals surface area contributed by atoms with Crippen molar-refractivity contribution in [1.82, 2.24) is 10.2 Å². The first-order valence-corrected chi connectivity index (χ1v) is 8.78. The predicted octanol–water partition coefficient (Wildman–Crippen LogP) is 4.26. The molecule has 0 heterocycles. The minimum absolute atomic E-state index is 0.0359. The third-order valence-electron chi connectivity index (χ3n) is 3.90. The molecular formula is C18H19Cl3N2O2. The largest absolute Gasteiger partial charge is 0.508 e. The van der Waals surface area contributed by atoms with Crippen LogP contribution in [-0.4, -0.2) is 42.6 Å². The Balaban J connectivity index is 2.03. The molecule has 2 aromatic rings. The maximum absolute atomic E-state index is 12.3. The molecule has 25 heavy (non-hydrogen) atoms. The Hall–Kier alpha value is -1.46.